The van der Waals surface area contributed by atoms with Gasteiger partial charge in [-0.25, -0.2) is 0 Å². The molecule has 0 saturated carbocycles. The highest BCUT2D eigenvalue weighted by Gasteiger charge is 2.13. The third-order valence-electron chi connectivity index (χ3n) is 4.43. The Kier molecular flexibility index (Phi) is 6.63. The summed E-state index contributed by atoms with van der Waals surface area (Å²) in [7, 11) is 1.74. The van der Waals surface area contributed by atoms with Crippen LogP contribution in [0.3, 0.4) is 0 Å². The fourth-order valence-corrected chi connectivity index (χ4v) is 2.78. The molecule has 0 fully saturated rings. The van der Waals surface area contributed by atoms with E-state index in [2.05, 4.69) is 5.32 Å². The Morgan fingerprint density at radius 2 is 1.48 bits per heavy atom. The van der Waals surface area contributed by atoms with Crippen molar-refractivity contribution in [1.29, 1.82) is 0 Å². The molecule has 5 nitrogen and oxygen atoms in total. The highest BCUT2D eigenvalue weighted by atomic mass is 16.5. The third-order valence-corrected chi connectivity index (χ3v) is 4.43. The first kappa shape index (κ1) is 20.1. The number of hydrogen-bond acceptors (Lipinski definition) is 3. The van der Waals surface area contributed by atoms with Crippen molar-refractivity contribution in [3.8, 4) is 5.75 Å². The van der Waals surface area contributed by atoms with Crippen LogP contribution in [0.4, 0.5) is 11.4 Å². The van der Waals surface area contributed by atoms with Gasteiger partial charge < -0.3 is 15.0 Å². The zero-order chi connectivity index (χ0) is 20.6. The van der Waals surface area contributed by atoms with Gasteiger partial charge in [-0.3, -0.25) is 9.59 Å². The van der Waals surface area contributed by atoms with Crippen LogP contribution >= 0.6 is 0 Å². The molecule has 0 atom stereocenters. The van der Waals surface area contributed by atoms with Gasteiger partial charge in [0.15, 0.2) is 0 Å². The van der Waals surface area contributed by atoms with Crippen molar-refractivity contribution in [2.24, 2.45) is 0 Å². The standard InChI is InChI=1S/C24H24N2O3/c1-3-17-29-22-15-11-18(12-16-22)23(27)25-20-13-9-19(10-14-20)24(28)26(2)21-7-5-4-6-8-21/h4-16H,3,17H2,1-2H3,(H,25,27). The molecular formula is C24H24N2O3. The van der Waals surface area contributed by atoms with Gasteiger partial charge in [0.2, 0.25) is 0 Å². The fourth-order valence-electron chi connectivity index (χ4n) is 2.78. The van der Waals surface area contributed by atoms with Crippen molar-refractivity contribution < 1.29 is 14.3 Å². The van der Waals surface area contributed by atoms with Crippen molar-refractivity contribution in [2.45, 2.75) is 13.3 Å². The Balaban J connectivity index is 1.62. The molecule has 1 N–H and O–H groups in total. The van der Waals surface area contributed by atoms with Crippen LogP contribution < -0.4 is 15.0 Å². The summed E-state index contributed by atoms with van der Waals surface area (Å²) in [5.41, 5.74) is 2.53. The number of nitrogens with one attached hydrogen (secondary N) is 1. The second-order valence-electron chi connectivity index (χ2n) is 6.60. The van der Waals surface area contributed by atoms with E-state index < -0.39 is 0 Å². The first-order valence-corrected chi connectivity index (χ1v) is 9.56. The van der Waals surface area contributed by atoms with Crippen LogP contribution in [0.5, 0.6) is 5.75 Å². The highest BCUT2D eigenvalue weighted by molar-refractivity contribution is 6.07. The minimum Gasteiger partial charge on any atom is -0.494 e. The number of benzene rings is 3. The van der Waals surface area contributed by atoms with E-state index in [1.165, 1.54) is 0 Å². The highest BCUT2D eigenvalue weighted by Crippen LogP contribution is 2.18. The molecule has 5 heteroatoms. The largest absolute Gasteiger partial charge is 0.494 e. The Labute approximate surface area is 170 Å². The average molecular weight is 388 g/mol. The van der Waals surface area contributed by atoms with Crippen LogP contribution in [0.15, 0.2) is 78.9 Å². The number of nitrogens with zero attached hydrogens (tertiary/aromatic N) is 1. The van der Waals surface area contributed by atoms with Crippen LogP contribution in [-0.4, -0.2) is 25.5 Å². The Morgan fingerprint density at radius 1 is 0.862 bits per heavy atom. The molecule has 0 heterocycles. The number of ether oxygens (including phenoxy) is 1. The molecule has 0 aliphatic heterocycles. The molecule has 2 amide bonds. The molecule has 29 heavy (non-hydrogen) atoms. The summed E-state index contributed by atoms with van der Waals surface area (Å²) in [4.78, 5) is 26.7. The van der Waals surface area contributed by atoms with Gasteiger partial charge >= 0.3 is 0 Å². The molecule has 0 aliphatic carbocycles. The van der Waals surface area contributed by atoms with Crippen LogP contribution in [0.2, 0.25) is 0 Å². The zero-order valence-corrected chi connectivity index (χ0v) is 16.6. The molecule has 0 bridgehead atoms. The molecule has 0 radical (unpaired) electrons. The number of rotatable bonds is 7. The van der Waals surface area contributed by atoms with E-state index >= 15 is 0 Å². The van der Waals surface area contributed by atoms with Crippen LogP contribution in [0.25, 0.3) is 0 Å². The number of anilines is 2. The lowest BCUT2D eigenvalue weighted by molar-refractivity contribution is 0.0991. The molecule has 3 aromatic carbocycles. The lowest BCUT2D eigenvalue weighted by Gasteiger charge is -2.17. The predicted octanol–water partition coefficient (Wildman–Crippen LogP) is 5.00. The molecule has 0 aliphatic rings. The first-order chi connectivity index (χ1) is 14.1. The van der Waals surface area contributed by atoms with E-state index in [1.54, 1.807) is 60.5 Å². The van der Waals surface area contributed by atoms with Crippen molar-refractivity contribution >= 4 is 23.2 Å². The molecule has 3 rings (SSSR count). The lowest BCUT2D eigenvalue weighted by atomic mass is 10.1. The molecule has 0 spiro atoms. The van der Waals surface area contributed by atoms with Gasteiger partial charge in [0.25, 0.3) is 11.8 Å². The SMILES string of the molecule is CCCOc1ccc(C(=O)Nc2ccc(C(=O)N(C)c3ccccc3)cc2)cc1. The number of hydrogen-bond donors (Lipinski definition) is 1. The summed E-state index contributed by atoms with van der Waals surface area (Å²) in [5.74, 6) is 0.415. The van der Waals surface area contributed by atoms with Crippen molar-refractivity contribution in [3.63, 3.8) is 0 Å². The summed E-state index contributed by atoms with van der Waals surface area (Å²) in [6.45, 7) is 2.69. The van der Waals surface area contributed by atoms with Gasteiger partial charge in [0.05, 0.1) is 6.61 Å². The number of para-hydroxylation sites is 1. The summed E-state index contributed by atoms with van der Waals surface area (Å²) >= 11 is 0. The molecular weight excluding hydrogens is 364 g/mol. The molecule has 3 aromatic rings. The lowest BCUT2D eigenvalue weighted by Crippen LogP contribution is -2.26. The second-order valence-corrected chi connectivity index (χ2v) is 6.60. The normalized spacial score (nSPS) is 10.3. The monoisotopic (exact) mass is 388 g/mol. The van der Waals surface area contributed by atoms with Gasteiger partial charge in [0, 0.05) is 29.5 Å². The minimum atomic E-state index is -0.215. The summed E-state index contributed by atoms with van der Waals surface area (Å²) in [6.07, 6.45) is 0.932. The van der Waals surface area contributed by atoms with Gasteiger partial charge in [0.1, 0.15) is 5.75 Å². The van der Waals surface area contributed by atoms with Crippen LogP contribution in [0, 0.1) is 0 Å². The smallest absolute Gasteiger partial charge is 0.258 e. The maximum absolute atomic E-state index is 12.6. The van der Waals surface area contributed by atoms with Crippen molar-refractivity contribution in [1.82, 2.24) is 0 Å². The number of amides is 2. The summed E-state index contributed by atoms with van der Waals surface area (Å²) in [6, 6.07) is 23.3. The van der Waals surface area contributed by atoms with Gasteiger partial charge in [-0.15, -0.1) is 0 Å². The maximum Gasteiger partial charge on any atom is 0.258 e. The molecule has 0 saturated heterocycles. The average Bonchev–Trinajstić information content (AvgIpc) is 2.78. The van der Waals surface area contributed by atoms with Crippen LogP contribution in [0.1, 0.15) is 34.1 Å². The summed E-state index contributed by atoms with van der Waals surface area (Å²) < 4.78 is 5.53. The second kappa shape index (κ2) is 9.55. The van der Waals surface area contributed by atoms with E-state index in [0.717, 1.165) is 17.9 Å². The number of carbonyl (C=O) groups is 2. The fraction of sp³-hybridized carbons (Fsp3) is 0.167. The summed E-state index contributed by atoms with van der Waals surface area (Å²) in [5, 5.41) is 2.84. The zero-order valence-electron chi connectivity index (χ0n) is 16.6. The van der Waals surface area contributed by atoms with Gasteiger partial charge in [-0.1, -0.05) is 25.1 Å². The van der Waals surface area contributed by atoms with E-state index in [9.17, 15) is 9.59 Å². The van der Waals surface area contributed by atoms with E-state index in [1.807, 2.05) is 37.3 Å². The quantitative estimate of drug-likeness (QED) is 0.619. The van der Waals surface area contributed by atoms with E-state index in [4.69, 9.17) is 4.74 Å². The maximum atomic E-state index is 12.6. The Bertz CT molecular complexity index is 952. The number of carbonyl (C=O) groups excluding carboxylic acids is 2. The molecule has 0 aromatic heterocycles. The Morgan fingerprint density at radius 3 is 2.10 bits per heavy atom. The van der Waals surface area contributed by atoms with Gasteiger partial charge in [-0.05, 0) is 67.1 Å². The molecule has 148 valence electrons. The third kappa shape index (κ3) is 5.23. The first-order valence-electron chi connectivity index (χ1n) is 9.56. The minimum absolute atomic E-state index is 0.114. The van der Waals surface area contributed by atoms with Crippen molar-refractivity contribution in [2.75, 3.05) is 23.9 Å². The molecule has 0 unspecified atom stereocenters. The van der Waals surface area contributed by atoms with Crippen molar-refractivity contribution in [3.05, 3.63) is 90.0 Å². The topological polar surface area (TPSA) is 58.6 Å². The van der Waals surface area contributed by atoms with Gasteiger partial charge in [-0.2, -0.15) is 0 Å². The van der Waals surface area contributed by atoms with Crippen LogP contribution in [-0.2, 0) is 0 Å². The Hall–Kier alpha value is -3.60. The van der Waals surface area contributed by atoms with E-state index in [-0.39, 0.29) is 11.8 Å². The van der Waals surface area contributed by atoms with E-state index in [0.29, 0.717) is 23.4 Å². The predicted molar refractivity (Wildman–Crippen MR) is 116 cm³/mol.